The first-order valence-corrected chi connectivity index (χ1v) is 8.44. The van der Waals surface area contributed by atoms with Gasteiger partial charge in [0.25, 0.3) is 0 Å². The van der Waals surface area contributed by atoms with Gasteiger partial charge < -0.3 is 10.2 Å². The lowest BCUT2D eigenvalue weighted by Gasteiger charge is -2.26. The minimum Gasteiger partial charge on any atom is -0.354 e. The molecule has 2 aromatic rings. The molecule has 5 nitrogen and oxygen atoms in total. The first-order valence-electron chi connectivity index (χ1n) is 7.56. The largest absolute Gasteiger partial charge is 0.354 e. The van der Waals surface area contributed by atoms with Gasteiger partial charge in [-0.15, -0.1) is 11.3 Å². The number of nitrogens with zero attached hydrogens (tertiary/aromatic N) is 4. The predicted octanol–water partition coefficient (Wildman–Crippen LogP) is 3.33. The van der Waals surface area contributed by atoms with Crippen LogP contribution in [0, 0.1) is 6.92 Å². The number of piperidine rings is 1. The van der Waals surface area contributed by atoms with Crippen molar-refractivity contribution in [3.8, 4) is 11.4 Å². The molecule has 3 heterocycles. The number of thiophene rings is 1. The summed E-state index contributed by atoms with van der Waals surface area (Å²) < 4.78 is 0. The summed E-state index contributed by atoms with van der Waals surface area (Å²) in [6.45, 7) is 7.05. The molecule has 21 heavy (non-hydrogen) atoms. The highest BCUT2D eigenvalue weighted by Gasteiger charge is 2.17. The van der Waals surface area contributed by atoms with E-state index in [1.165, 1.54) is 24.1 Å². The first kappa shape index (κ1) is 14.3. The van der Waals surface area contributed by atoms with Crippen LogP contribution in [-0.4, -0.2) is 34.6 Å². The monoisotopic (exact) mass is 303 g/mol. The summed E-state index contributed by atoms with van der Waals surface area (Å²) in [4.78, 5) is 17.4. The molecule has 0 saturated carbocycles. The minimum atomic E-state index is 0.673. The van der Waals surface area contributed by atoms with E-state index in [9.17, 15) is 0 Å². The molecular formula is C15H21N5S. The molecular weight excluding hydrogens is 282 g/mol. The van der Waals surface area contributed by atoms with Crippen LogP contribution < -0.4 is 10.2 Å². The van der Waals surface area contributed by atoms with Crippen LogP contribution >= 0.6 is 11.3 Å². The second-order valence-corrected chi connectivity index (χ2v) is 6.42. The third-order valence-electron chi connectivity index (χ3n) is 3.59. The molecule has 0 unspecified atom stereocenters. The summed E-state index contributed by atoms with van der Waals surface area (Å²) in [5.41, 5.74) is 1.08. The Labute approximate surface area is 129 Å². The summed E-state index contributed by atoms with van der Waals surface area (Å²) in [5.74, 6) is 2.25. The van der Waals surface area contributed by atoms with Crippen LogP contribution in [0.5, 0.6) is 0 Å². The molecule has 1 N–H and O–H groups in total. The molecule has 3 rings (SSSR count). The van der Waals surface area contributed by atoms with Crippen molar-refractivity contribution in [2.24, 2.45) is 0 Å². The third-order valence-corrected chi connectivity index (χ3v) is 4.45. The lowest BCUT2D eigenvalue weighted by atomic mass is 10.1. The molecule has 6 heteroatoms. The summed E-state index contributed by atoms with van der Waals surface area (Å²) in [6, 6.07) is 2.13. The molecule has 0 amide bonds. The fraction of sp³-hybridized carbons (Fsp3) is 0.533. The summed E-state index contributed by atoms with van der Waals surface area (Å²) in [6.07, 6.45) is 3.74. The van der Waals surface area contributed by atoms with E-state index in [1.807, 2.05) is 0 Å². The van der Waals surface area contributed by atoms with E-state index in [4.69, 9.17) is 4.98 Å². The van der Waals surface area contributed by atoms with Crippen LogP contribution in [0.25, 0.3) is 11.4 Å². The van der Waals surface area contributed by atoms with Crippen LogP contribution in [0.3, 0.4) is 0 Å². The van der Waals surface area contributed by atoms with Crippen molar-refractivity contribution in [1.29, 1.82) is 0 Å². The van der Waals surface area contributed by atoms with Crippen molar-refractivity contribution >= 4 is 23.2 Å². The summed E-state index contributed by atoms with van der Waals surface area (Å²) in [7, 11) is 0. The smallest absolute Gasteiger partial charge is 0.230 e. The number of hydrogen-bond donors (Lipinski definition) is 1. The molecule has 0 aliphatic carbocycles. The van der Waals surface area contributed by atoms with Crippen molar-refractivity contribution in [3.63, 3.8) is 0 Å². The average Bonchev–Trinajstić information content (AvgIpc) is 2.95. The molecule has 2 aromatic heterocycles. The quantitative estimate of drug-likeness (QED) is 0.939. The van der Waals surface area contributed by atoms with E-state index in [2.05, 4.69) is 45.5 Å². The maximum Gasteiger partial charge on any atom is 0.230 e. The Bertz CT molecular complexity index is 604. The molecule has 1 fully saturated rings. The predicted molar refractivity (Wildman–Crippen MR) is 88.1 cm³/mol. The Kier molecular flexibility index (Phi) is 4.34. The molecule has 0 atom stereocenters. The summed E-state index contributed by atoms with van der Waals surface area (Å²) in [5, 5.41) is 5.33. The highest BCUT2D eigenvalue weighted by atomic mass is 32.1. The Hall–Kier alpha value is -1.69. The van der Waals surface area contributed by atoms with Gasteiger partial charge in [-0.2, -0.15) is 15.0 Å². The lowest BCUT2D eigenvalue weighted by molar-refractivity contribution is 0.568. The van der Waals surface area contributed by atoms with E-state index < -0.39 is 0 Å². The first-order chi connectivity index (χ1) is 10.3. The number of aryl methyl sites for hydroxylation is 1. The number of hydrogen-bond acceptors (Lipinski definition) is 6. The number of nitrogens with one attached hydrogen (secondary N) is 1. The Morgan fingerprint density at radius 3 is 2.67 bits per heavy atom. The second kappa shape index (κ2) is 6.39. The van der Waals surface area contributed by atoms with Gasteiger partial charge in [0.15, 0.2) is 5.82 Å². The van der Waals surface area contributed by atoms with Gasteiger partial charge >= 0.3 is 0 Å². The van der Waals surface area contributed by atoms with Gasteiger partial charge in [-0.05, 0) is 39.2 Å². The fourth-order valence-corrected chi connectivity index (χ4v) is 3.21. The SMILES string of the molecule is CCNc1nc(-c2csc(C)c2)nc(N2CCCCC2)n1. The zero-order valence-electron chi connectivity index (χ0n) is 12.6. The number of rotatable bonds is 4. The van der Waals surface area contributed by atoms with Crippen LogP contribution in [0.1, 0.15) is 31.1 Å². The van der Waals surface area contributed by atoms with E-state index in [0.29, 0.717) is 5.95 Å². The normalized spacial score (nSPS) is 15.2. The Balaban J connectivity index is 1.96. The van der Waals surface area contributed by atoms with Crippen LogP contribution in [-0.2, 0) is 0 Å². The van der Waals surface area contributed by atoms with Crippen LogP contribution in [0.2, 0.25) is 0 Å². The van der Waals surface area contributed by atoms with Crippen molar-refractivity contribution in [2.75, 3.05) is 29.9 Å². The highest BCUT2D eigenvalue weighted by molar-refractivity contribution is 7.10. The molecule has 0 spiro atoms. The highest BCUT2D eigenvalue weighted by Crippen LogP contribution is 2.25. The molecule has 1 aliphatic rings. The van der Waals surface area contributed by atoms with E-state index in [1.54, 1.807) is 11.3 Å². The van der Waals surface area contributed by atoms with Gasteiger partial charge in [0.2, 0.25) is 11.9 Å². The van der Waals surface area contributed by atoms with Gasteiger partial charge in [0.05, 0.1) is 0 Å². The maximum atomic E-state index is 4.69. The lowest BCUT2D eigenvalue weighted by Crippen LogP contribution is -2.31. The standard InChI is InChI=1S/C15H21N5S/c1-3-16-14-17-13(12-9-11(2)21-10-12)18-15(19-14)20-7-5-4-6-8-20/h9-10H,3-8H2,1-2H3,(H,16,17,18,19). The topological polar surface area (TPSA) is 53.9 Å². The van der Waals surface area contributed by atoms with Gasteiger partial charge in [-0.25, -0.2) is 0 Å². The van der Waals surface area contributed by atoms with Crippen molar-refractivity contribution in [3.05, 3.63) is 16.3 Å². The maximum absolute atomic E-state index is 4.69. The fourth-order valence-electron chi connectivity index (χ4n) is 2.53. The Morgan fingerprint density at radius 1 is 1.19 bits per heavy atom. The average molecular weight is 303 g/mol. The molecule has 0 bridgehead atoms. The van der Waals surface area contributed by atoms with Crippen molar-refractivity contribution < 1.29 is 0 Å². The van der Waals surface area contributed by atoms with Gasteiger partial charge in [-0.3, -0.25) is 0 Å². The zero-order valence-corrected chi connectivity index (χ0v) is 13.4. The molecule has 0 aromatic carbocycles. The zero-order chi connectivity index (χ0) is 14.7. The van der Waals surface area contributed by atoms with E-state index >= 15 is 0 Å². The minimum absolute atomic E-state index is 0.673. The molecule has 1 saturated heterocycles. The van der Waals surface area contributed by atoms with E-state index in [0.717, 1.165) is 37.0 Å². The molecule has 1 aliphatic heterocycles. The van der Waals surface area contributed by atoms with Crippen LogP contribution in [0.15, 0.2) is 11.4 Å². The number of aromatic nitrogens is 3. The van der Waals surface area contributed by atoms with Gasteiger partial charge in [-0.1, -0.05) is 0 Å². The van der Waals surface area contributed by atoms with Crippen LogP contribution in [0.4, 0.5) is 11.9 Å². The third kappa shape index (κ3) is 3.32. The number of anilines is 2. The van der Waals surface area contributed by atoms with Crippen molar-refractivity contribution in [2.45, 2.75) is 33.1 Å². The van der Waals surface area contributed by atoms with Crippen molar-refractivity contribution in [1.82, 2.24) is 15.0 Å². The second-order valence-electron chi connectivity index (χ2n) is 5.31. The summed E-state index contributed by atoms with van der Waals surface area (Å²) >= 11 is 1.73. The van der Waals surface area contributed by atoms with Gasteiger partial charge in [0, 0.05) is 35.5 Å². The van der Waals surface area contributed by atoms with E-state index in [-0.39, 0.29) is 0 Å². The molecule has 112 valence electrons. The Morgan fingerprint density at radius 2 is 2.00 bits per heavy atom. The van der Waals surface area contributed by atoms with Gasteiger partial charge in [0.1, 0.15) is 0 Å². The molecule has 0 radical (unpaired) electrons.